The number of carbonyl (C=O) groups is 1. The predicted octanol–water partition coefficient (Wildman–Crippen LogP) is 0.875. The molecule has 2 bridgehead atoms. The average molecular weight is 347 g/mol. The van der Waals surface area contributed by atoms with Crippen molar-refractivity contribution in [2.24, 2.45) is 23.5 Å². The van der Waals surface area contributed by atoms with Gasteiger partial charge < -0.3 is 15.4 Å². The summed E-state index contributed by atoms with van der Waals surface area (Å²) in [5.74, 6) is 0.832. The van der Waals surface area contributed by atoms with Crippen molar-refractivity contribution in [1.29, 1.82) is 0 Å². The van der Waals surface area contributed by atoms with E-state index in [0.29, 0.717) is 37.4 Å². The van der Waals surface area contributed by atoms with Crippen molar-refractivity contribution in [3.63, 3.8) is 0 Å². The highest BCUT2D eigenvalue weighted by atomic mass is 79.9. The van der Waals surface area contributed by atoms with Crippen LogP contribution in [0, 0.1) is 17.8 Å². The molecular formula is C11H15BrN4O2S. The smallest absolute Gasteiger partial charge is 0.217 e. The van der Waals surface area contributed by atoms with Gasteiger partial charge in [0, 0.05) is 31.3 Å². The number of anilines is 1. The van der Waals surface area contributed by atoms with E-state index >= 15 is 0 Å². The van der Waals surface area contributed by atoms with Crippen LogP contribution in [0.3, 0.4) is 0 Å². The molecule has 8 heteroatoms. The van der Waals surface area contributed by atoms with Crippen molar-refractivity contribution in [3.8, 4) is 0 Å². The molecular weight excluding hydrogens is 332 g/mol. The number of rotatable bonds is 3. The van der Waals surface area contributed by atoms with Crippen LogP contribution >= 0.6 is 27.3 Å². The zero-order valence-electron chi connectivity index (χ0n) is 10.3. The molecule has 2 saturated heterocycles. The maximum absolute atomic E-state index is 11.2. The number of hydrogen-bond acceptors (Lipinski definition) is 6. The first-order chi connectivity index (χ1) is 9.13. The normalized spacial score (nSPS) is 30.4. The van der Waals surface area contributed by atoms with Crippen LogP contribution < -0.4 is 10.6 Å². The molecule has 104 valence electrons. The first kappa shape index (κ1) is 13.3. The molecule has 2 aliphatic rings. The Labute approximate surface area is 123 Å². The Hall–Kier alpha value is -0.730. The average Bonchev–Trinajstić information content (AvgIpc) is 2.74. The number of nitrogens with two attached hydrogens (primary N) is 1. The van der Waals surface area contributed by atoms with Crippen LogP contribution in [0.1, 0.15) is 6.42 Å². The predicted molar refractivity (Wildman–Crippen MR) is 74.9 cm³/mol. The van der Waals surface area contributed by atoms with Crippen molar-refractivity contribution in [2.75, 3.05) is 31.2 Å². The molecule has 3 rings (SSSR count). The standard InChI is InChI=1S/C11H15BrN4O2S/c12-10-14-15-11(19-10)16-2-6-4-18-5-7(3-16)8(6)1-9(13)17/h6-8H,1-5H2,(H2,13,17). The largest absolute Gasteiger partial charge is 0.381 e. The zero-order valence-corrected chi connectivity index (χ0v) is 12.7. The maximum atomic E-state index is 11.2. The van der Waals surface area contributed by atoms with E-state index in [1.807, 2.05) is 0 Å². The second-order valence-electron chi connectivity index (χ2n) is 5.13. The number of piperidine rings is 1. The summed E-state index contributed by atoms with van der Waals surface area (Å²) in [4.78, 5) is 13.4. The third kappa shape index (κ3) is 2.75. The Morgan fingerprint density at radius 1 is 1.42 bits per heavy atom. The molecule has 0 saturated carbocycles. The number of ether oxygens (including phenoxy) is 1. The van der Waals surface area contributed by atoms with Gasteiger partial charge in [0.25, 0.3) is 0 Å². The number of hydrogen-bond donors (Lipinski definition) is 1. The quantitative estimate of drug-likeness (QED) is 0.878. The van der Waals surface area contributed by atoms with E-state index in [2.05, 4.69) is 31.0 Å². The molecule has 0 aromatic carbocycles. The molecule has 1 aromatic rings. The summed E-state index contributed by atoms with van der Waals surface area (Å²) in [6.07, 6.45) is 0.465. The van der Waals surface area contributed by atoms with Gasteiger partial charge in [0.1, 0.15) is 0 Å². The number of aromatic nitrogens is 2. The van der Waals surface area contributed by atoms with Crippen LogP contribution in [0.4, 0.5) is 5.13 Å². The van der Waals surface area contributed by atoms with Gasteiger partial charge in [-0.1, -0.05) is 11.3 Å². The van der Waals surface area contributed by atoms with Crippen LogP contribution in [0.5, 0.6) is 0 Å². The monoisotopic (exact) mass is 346 g/mol. The highest BCUT2D eigenvalue weighted by Crippen LogP contribution is 2.38. The second-order valence-corrected chi connectivity index (χ2v) is 7.37. The van der Waals surface area contributed by atoms with Gasteiger partial charge in [-0.15, -0.1) is 10.2 Å². The Morgan fingerprint density at radius 2 is 2.11 bits per heavy atom. The Balaban J connectivity index is 1.76. The number of nitrogens with zero attached hydrogens (tertiary/aromatic N) is 3. The summed E-state index contributed by atoms with van der Waals surface area (Å²) in [7, 11) is 0. The van der Waals surface area contributed by atoms with Crippen LogP contribution in [-0.4, -0.2) is 42.4 Å². The van der Waals surface area contributed by atoms with Gasteiger partial charge in [-0.05, 0) is 21.8 Å². The lowest BCUT2D eigenvalue weighted by Gasteiger charge is -2.46. The summed E-state index contributed by atoms with van der Waals surface area (Å²) in [5.41, 5.74) is 5.36. The van der Waals surface area contributed by atoms with Crippen LogP contribution in [0.25, 0.3) is 0 Å². The van der Waals surface area contributed by atoms with E-state index in [1.165, 1.54) is 11.3 Å². The molecule has 6 nitrogen and oxygen atoms in total. The number of primary amides is 1. The first-order valence-corrected chi connectivity index (χ1v) is 7.84. The van der Waals surface area contributed by atoms with Crippen molar-refractivity contribution in [1.82, 2.24) is 10.2 Å². The fourth-order valence-corrected chi connectivity index (χ4v) is 4.17. The molecule has 2 aliphatic heterocycles. The van der Waals surface area contributed by atoms with Crippen molar-refractivity contribution < 1.29 is 9.53 Å². The van der Waals surface area contributed by atoms with Crippen molar-refractivity contribution >= 4 is 38.3 Å². The maximum Gasteiger partial charge on any atom is 0.217 e. The molecule has 2 fully saturated rings. The van der Waals surface area contributed by atoms with Gasteiger partial charge in [0.2, 0.25) is 11.0 Å². The van der Waals surface area contributed by atoms with Gasteiger partial charge in [0.15, 0.2) is 3.92 Å². The van der Waals surface area contributed by atoms with Gasteiger partial charge in [0.05, 0.1) is 13.2 Å². The van der Waals surface area contributed by atoms with E-state index in [-0.39, 0.29) is 5.91 Å². The molecule has 1 amide bonds. The van der Waals surface area contributed by atoms with Crippen molar-refractivity contribution in [2.45, 2.75) is 6.42 Å². The number of amides is 1. The third-order valence-electron chi connectivity index (χ3n) is 3.88. The van der Waals surface area contributed by atoms with Crippen LogP contribution in [0.2, 0.25) is 0 Å². The van der Waals surface area contributed by atoms with Crippen LogP contribution in [0.15, 0.2) is 3.92 Å². The lowest BCUT2D eigenvalue weighted by Crippen LogP contribution is -2.53. The fourth-order valence-electron chi connectivity index (χ4n) is 3.07. The minimum absolute atomic E-state index is 0.214. The van der Waals surface area contributed by atoms with Gasteiger partial charge in [-0.3, -0.25) is 4.79 Å². The second kappa shape index (κ2) is 5.34. The van der Waals surface area contributed by atoms with Gasteiger partial charge >= 0.3 is 0 Å². The highest BCUT2D eigenvalue weighted by Gasteiger charge is 2.41. The summed E-state index contributed by atoms with van der Waals surface area (Å²) in [5, 5.41) is 9.09. The number of carbonyl (C=O) groups excluding carboxylic acids is 1. The van der Waals surface area contributed by atoms with E-state index in [1.54, 1.807) is 0 Å². The Bertz CT molecular complexity index is 469. The zero-order chi connectivity index (χ0) is 13.4. The number of fused-ring (bicyclic) bond motifs is 2. The topological polar surface area (TPSA) is 81.3 Å². The molecule has 3 heterocycles. The summed E-state index contributed by atoms with van der Waals surface area (Å²) in [6, 6.07) is 0. The first-order valence-electron chi connectivity index (χ1n) is 6.23. The highest BCUT2D eigenvalue weighted by molar-refractivity contribution is 9.11. The lowest BCUT2D eigenvalue weighted by atomic mass is 9.75. The Morgan fingerprint density at radius 3 is 2.63 bits per heavy atom. The minimum Gasteiger partial charge on any atom is -0.381 e. The van der Waals surface area contributed by atoms with E-state index in [4.69, 9.17) is 10.5 Å². The molecule has 19 heavy (non-hydrogen) atoms. The van der Waals surface area contributed by atoms with E-state index < -0.39 is 0 Å². The lowest BCUT2D eigenvalue weighted by molar-refractivity contribution is -0.122. The molecule has 1 aromatic heterocycles. The molecule has 2 atom stereocenters. The molecule has 2 unspecified atom stereocenters. The fraction of sp³-hybridized carbons (Fsp3) is 0.727. The third-order valence-corrected chi connectivity index (χ3v) is 5.30. The molecule has 0 radical (unpaired) electrons. The Kier molecular flexibility index (Phi) is 3.72. The summed E-state index contributed by atoms with van der Waals surface area (Å²) in [6.45, 7) is 3.11. The van der Waals surface area contributed by atoms with Gasteiger partial charge in [-0.25, -0.2) is 0 Å². The van der Waals surface area contributed by atoms with Gasteiger partial charge in [-0.2, -0.15) is 0 Å². The summed E-state index contributed by atoms with van der Waals surface area (Å²) >= 11 is 4.87. The molecule has 0 spiro atoms. The SMILES string of the molecule is NC(=O)CC1C2COCC1CN(c1nnc(Br)s1)C2. The minimum atomic E-state index is -0.214. The van der Waals surface area contributed by atoms with E-state index in [9.17, 15) is 4.79 Å². The number of halogens is 1. The summed E-state index contributed by atoms with van der Waals surface area (Å²) < 4.78 is 6.41. The van der Waals surface area contributed by atoms with E-state index in [0.717, 1.165) is 22.1 Å². The molecule has 2 N–H and O–H groups in total. The molecule has 0 aliphatic carbocycles. The van der Waals surface area contributed by atoms with Crippen molar-refractivity contribution in [3.05, 3.63) is 3.92 Å². The van der Waals surface area contributed by atoms with Crippen LogP contribution in [-0.2, 0) is 9.53 Å².